The smallest absolute Gasteiger partial charge is 0.159 e. The molecule has 1 aromatic rings. The summed E-state index contributed by atoms with van der Waals surface area (Å²) >= 11 is 0. The van der Waals surface area contributed by atoms with Gasteiger partial charge in [0.25, 0.3) is 0 Å². The third kappa shape index (κ3) is 3.75. The summed E-state index contributed by atoms with van der Waals surface area (Å²) in [6.07, 6.45) is 3.29. The van der Waals surface area contributed by atoms with Crippen molar-refractivity contribution in [1.29, 1.82) is 0 Å². The van der Waals surface area contributed by atoms with Crippen molar-refractivity contribution in [2.75, 3.05) is 6.54 Å². The van der Waals surface area contributed by atoms with Gasteiger partial charge in [0.1, 0.15) is 0 Å². The normalized spacial score (nSPS) is 18.6. The van der Waals surface area contributed by atoms with Crippen molar-refractivity contribution in [3.05, 3.63) is 35.4 Å². The average molecular weight is 267 g/mol. The maximum absolute atomic E-state index is 13.3. The maximum Gasteiger partial charge on any atom is 0.159 e. The zero-order chi connectivity index (χ0) is 14.0. The molecule has 0 heterocycles. The van der Waals surface area contributed by atoms with Crippen LogP contribution in [0, 0.1) is 23.0 Å². The summed E-state index contributed by atoms with van der Waals surface area (Å²) in [7, 11) is 0. The molecule has 1 atom stereocenters. The van der Waals surface area contributed by atoms with Crippen LogP contribution in [0.3, 0.4) is 0 Å². The Morgan fingerprint density at radius 3 is 2.47 bits per heavy atom. The van der Waals surface area contributed by atoms with E-state index in [0.717, 1.165) is 18.5 Å². The summed E-state index contributed by atoms with van der Waals surface area (Å²) in [4.78, 5) is 0. The summed E-state index contributed by atoms with van der Waals surface area (Å²) in [5, 5.41) is 3.56. The van der Waals surface area contributed by atoms with Crippen LogP contribution in [0.5, 0.6) is 0 Å². The SMILES string of the molecule is CC(C)C(C)(CNC1CC1)Cc1ccc(F)c(F)c1. The van der Waals surface area contributed by atoms with Crippen molar-refractivity contribution in [3.63, 3.8) is 0 Å². The van der Waals surface area contributed by atoms with Crippen LogP contribution >= 0.6 is 0 Å². The van der Waals surface area contributed by atoms with Gasteiger partial charge in [-0.25, -0.2) is 8.78 Å². The van der Waals surface area contributed by atoms with E-state index in [4.69, 9.17) is 0 Å². The highest BCUT2D eigenvalue weighted by Crippen LogP contribution is 2.32. The molecule has 0 aromatic heterocycles. The van der Waals surface area contributed by atoms with Crippen LogP contribution in [0.2, 0.25) is 0 Å². The van der Waals surface area contributed by atoms with Gasteiger partial charge in [-0.2, -0.15) is 0 Å². The van der Waals surface area contributed by atoms with Gasteiger partial charge in [0.05, 0.1) is 0 Å². The molecule has 0 amide bonds. The average Bonchev–Trinajstić information content (AvgIpc) is 3.15. The number of rotatable bonds is 6. The molecule has 19 heavy (non-hydrogen) atoms. The van der Waals surface area contributed by atoms with Gasteiger partial charge in [0.2, 0.25) is 0 Å². The summed E-state index contributed by atoms with van der Waals surface area (Å²) in [5.74, 6) is -1.04. The standard InChI is InChI=1S/C16H23F2N/c1-11(2)16(3,10-19-13-5-6-13)9-12-4-7-14(17)15(18)8-12/h4,7-8,11,13,19H,5-6,9-10H2,1-3H3. The van der Waals surface area contributed by atoms with Gasteiger partial charge >= 0.3 is 0 Å². The Bertz CT molecular complexity index is 440. The molecule has 1 N–H and O–H groups in total. The number of benzene rings is 1. The molecule has 2 rings (SSSR count). The van der Waals surface area contributed by atoms with E-state index in [0.29, 0.717) is 12.0 Å². The zero-order valence-corrected chi connectivity index (χ0v) is 12.0. The van der Waals surface area contributed by atoms with Gasteiger partial charge < -0.3 is 5.32 Å². The molecule has 0 bridgehead atoms. The maximum atomic E-state index is 13.3. The van der Waals surface area contributed by atoms with E-state index < -0.39 is 11.6 Å². The highest BCUT2D eigenvalue weighted by Gasteiger charge is 2.31. The molecule has 1 aliphatic rings. The zero-order valence-electron chi connectivity index (χ0n) is 12.0. The van der Waals surface area contributed by atoms with Crippen LogP contribution in [-0.4, -0.2) is 12.6 Å². The van der Waals surface area contributed by atoms with Gasteiger partial charge in [-0.1, -0.05) is 26.8 Å². The molecule has 0 spiro atoms. The summed E-state index contributed by atoms with van der Waals surface area (Å²) < 4.78 is 26.3. The number of nitrogens with one attached hydrogen (secondary N) is 1. The third-order valence-corrected chi connectivity index (χ3v) is 4.36. The first-order valence-corrected chi connectivity index (χ1v) is 7.08. The predicted molar refractivity (Wildman–Crippen MR) is 74.0 cm³/mol. The van der Waals surface area contributed by atoms with Crippen molar-refractivity contribution in [2.45, 2.75) is 46.1 Å². The first-order valence-electron chi connectivity index (χ1n) is 7.08. The topological polar surface area (TPSA) is 12.0 Å². The first-order chi connectivity index (χ1) is 8.90. The van der Waals surface area contributed by atoms with Crippen LogP contribution in [0.4, 0.5) is 8.78 Å². The molecular weight excluding hydrogens is 244 g/mol. The van der Waals surface area contributed by atoms with Crippen LogP contribution in [-0.2, 0) is 6.42 Å². The molecule has 1 nitrogen and oxygen atoms in total. The number of hydrogen-bond donors (Lipinski definition) is 1. The lowest BCUT2D eigenvalue weighted by Gasteiger charge is -2.34. The largest absolute Gasteiger partial charge is 0.313 e. The Morgan fingerprint density at radius 1 is 1.26 bits per heavy atom. The summed E-state index contributed by atoms with van der Waals surface area (Å²) in [6, 6.07) is 4.91. The molecule has 1 unspecified atom stereocenters. The summed E-state index contributed by atoms with van der Waals surface area (Å²) in [6.45, 7) is 7.52. The minimum atomic E-state index is -0.772. The highest BCUT2D eigenvalue weighted by molar-refractivity contribution is 5.19. The molecule has 0 aliphatic heterocycles. The highest BCUT2D eigenvalue weighted by atomic mass is 19.2. The molecule has 1 fully saturated rings. The molecule has 0 radical (unpaired) electrons. The van der Waals surface area contributed by atoms with Crippen molar-refractivity contribution in [2.24, 2.45) is 11.3 Å². The van der Waals surface area contributed by atoms with E-state index in [1.54, 1.807) is 6.07 Å². The fraction of sp³-hybridized carbons (Fsp3) is 0.625. The lowest BCUT2D eigenvalue weighted by Crippen LogP contribution is -2.38. The quantitative estimate of drug-likeness (QED) is 0.823. The second kappa shape index (κ2) is 5.58. The fourth-order valence-corrected chi connectivity index (χ4v) is 2.25. The molecule has 1 aromatic carbocycles. The van der Waals surface area contributed by atoms with Crippen LogP contribution in [0.1, 0.15) is 39.2 Å². The molecule has 3 heteroatoms. The Balaban J connectivity index is 2.07. The lowest BCUT2D eigenvalue weighted by molar-refractivity contribution is 0.206. The van der Waals surface area contributed by atoms with Crippen LogP contribution in [0.15, 0.2) is 18.2 Å². The van der Waals surface area contributed by atoms with E-state index in [2.05, 4.69) is 26.1 Å². The minimum Gasteiger partial charge on any atom is -0.313 e. The molecule has 0 saturated heterocycles. The second-order valence-corrected chi connectivity index (χ2v) is 6.39. The van der Waals surface area contributed by atoms with E-state index in [9.17, 15) is 8.78 Å². The van der Waals surface area contributed by atoms with Crippen molar-refractivity contribution < 1.29 is 8.78 Å². The summed E-state index contributed by atoms with van der Waals surface area (Å²) in [5.41, 5.74) is 0.931. The van der Waals surface area contributed by atoms with Crippen molar-refractivity contribution >= 4 is 0 Å². The Labute approximate surface area is 114 Å². The predicted octanol–water partition coefficient (Wildman–Crippen LogP) is 3.92. The van der Waals surface area contributed by atoms with Gasteiger partial charge in [-0.3, -0.25) is 0 Å². The lowest BCUT2D eigenvalue weighted by atomic mass is 9.74. The van der Waals surface area contributed by atoms with E-state index in [-0.39, 0.29) is 5.41 Å². The Kier molecular flexibility index (Phi) is 4.24. The van der Waals surface area contributed by atoms with Crippen LogP contribution in [0.25, 0.3) is 0 Å². The van der Waals surface area contributed by atoms with Crippen molar-refractivity contribution in [1.82, 2.24) is 5.32 Å². The number of hydrogen-bond acceptors (Lipinski definition) is 1. The first kappa shape index (κ1) is 14.4. The second-order valence-electron chi connectivity index (χ2n) is 6.39. The monoisotopic (exact) mass is 267 g/mol. The Morgan fingerprint density at radius 2 is 1.95 bits per heavy atom. The minimum absolute atomic E-state index is 0.0624. The molecule has 106 valence electrons. The molecular formula is C16H23F2N. The van der Waals surface area contributed by atoms with E-state index in [1.165, 1.54) is 25.0 Å². The number of halogens is 2. The van der Waals surface area contributed by atoms with Gasteiger partial charge in [0.15, 0.2) is 11.6 Å². The van der Waals surface area contributed by atoms with Gasteiger partial charge in [0, 0.05) is 12.6 Å². The fourth-order valence-electron chi connectivity index (χ4n) is 2.25. The van der Waals surface area contributed by atoms with Crippen molar-refractivity contribution in [3.8, 4) is 0 Å². The third-order valence-electron chi connectivity index (χ3n) is 4.36. The molecule has 1 saturated carbocycles. The Hall–Kier alpha value is -0.960. The van der Waals surface area contributed by atoms with Gasteiger partial charge in [-0.15, -0.1) is 0 Å². The molecule has 1 aliphatic carbocycles. The van der Waals surface area contributed by atoms with E-state index >= 15 is 0 Å². The van der Waals surface area contributed by atoms with E-state index in [1.807, 2.05) is 0 Å². The van der Waals surface area contributed by atoms with Gasteiger partial charge in [-0.05, 0) is 48.3 Å². The van der Waals surface area contributed by atoms with Crippen LogP contribution < -0.4 is 5.32 Å².